The summed E-state index contributed by atoms with van der Waals surface area (Å²) in [7, 11) is 0. The molecule has 2 atom stereocenters. The van der Waals surface area contributed by atoms with Crippen LogP contribution in [0.5, 0.6) is 0 Å². The number of hydrogen-bond acceptors (Lipinski definition) is 4. The summed E-state index contributed by atoms with van der Waals surface area (Å²) in [6.45, 7) is 0. The number of hydrogen-bond donors (Lipinski definition) is 1. The molecule has 0 aromatic heterocycles. The molecule has 3 aromatic rings. The Morgan fingerprint density at radius 2 is 1.38 bits per heavy atom. The first-order valence-corrected chi connectivity index (χ1v) is 9.32. The quantitative estimate of drug-likeness (QED) is 0.391. The van der Waals surface area contributed by atoms with Crippen LogP contribution in [-0.2, 0) is 4.79 Å². The molecule has 0 aliphatic heterocycles. The fraction of sp³-hybridized carbons (Fsp3) is 0.130. The first kappa shape index (κ1) is 18.6. The minimum absolute atomic E-state index is 0.0144. The van der Waals surface area contributed by atoms with Crippen molar-refractivity contribution in [1.82, 2.24) is 5.43 Å². The van der Waals surface area contributed by atoms with Gasteiger partial charge in [-0.1, -0.05) is 60.7 Å². The predicted octanol–water partition coefficient (Wildman–Crippen LogP) is 4.24. The van der Waals surface area contributed by atoms with E-state index in [1.54, 1.807) is 12.1 Å². The zero-order chi connectivity index (χ0) is 20.2. The van der Waals surface area contributed by atoms with Crippen molar-refractivity contribution < 1.29 is 9.72 Å². The van der Waals surface area contributed by atoms with Crippen molar-refractivity contribution in [2.45, 2.75) is 11.8 Å². The number of nitro groups is 1. The Kier molecular flexibility index (Phi) is 5.16. The van der Waals surface area contributed by atoms with Crippen LogP contribution in [0.15, 0.2) is 90.0 Å². The number of rotatable bonds is 6. The predicted molar refractivity (Wildman–Crippen MR) is 111 cm³/mol. The van der Waals surface area contributed by atoms with Gasteiger partial charge >= 0.3 is 0 Å². The van der Waals surface area contributed by atoms with Crippen molar-refractivity contribution in [3.63, 3.8) is 0 Å². The van der Waals surface area contributed by atoms with Gasteiger partial charge in [0.05, 0.1) is 17.1 Å². The topological polar surface area (TPSA) is 84.6 Å². The molecular weight excluding hydrogens is 366 g/mol. The Morgan fingerprint density at radius 1 is 0.862 bits per heavy atom. The molecule has 0 spiro atoms. The van der Waals surface area contributed by atoms with Gasteiger partial charge in [0.25, 0.3) is 5.69 Å². The number of nitrogens with zero attached hydrogens (tertiary/aromatic N) is 2. The molecule has 1 N–H and O–H groups in total. The molecule has 1 fully saturated rings. The summed E-state index contributed by atoms with van der Waals surface area (Å²) in [6, 6.07) is 26.0. The summed E-state index contributed by atoms with van der Waals surface area (Å²) in [5.41, 5.74) is 5.59. The lowest BCUT2D eigenvalue weighted by atomic mass is 10.0. The van der Waals surface area contributed by atoms with Crippen LogP contribution in [0.1, 0.15) is 28.5 Å². The van der Waals surface area contributed by atoms with E-state index in [1.807, 2.05) is 60.7 Å². The van der Waals surface area contributed by atoms with Crippen LogP contribution in [-0.4, -0.2) is 17.0 Å². The lowest BCUT2D eigenvalue weighted by Crippen LogP contribution is -2.20. The van der Waals surface area contributed by atoms with Crippen LogP contribution in [0.2, 0.25) is 0 Å². The Hall–Kier alpha value is -3.80. The molecule has 0 saturated heterocycles. The first-order chi connectivity index (χ1) is 14.1. The van der Waals surface area contributed by atoms with Crippen LogP contribution in [0, 0.1) is 16.0 Å². The summed E-state index contributed by atoms with van der Waals surface area (Å²) < 4.78 is 0. The molecule has 0 heterocycles. The molecular formula is C23H19N3O3. The van der Waals surface area contributed by atoms with E-state index in [0.29, 0.717) is 5.56 Å². The number of non-ortho nitro benzene ring substituents is 1. The molecule has 4 rings (SSSR count). The van der Waals surface area contributed by atoms with E-state index in [0.717, 1.165) is 11.1 Å². The van der Waals surface area contributed by atoms with Gasteiger partial charge < -0.3 is 0 Å². The van der Waals surface area contributed by atoms with E-state index in [1.165, 1.54) is 18.3 Å². The highest BCUT2D eigenvalue weighted by atomic mass is 16.6. The van der Waals surface area contributed by atoms with Crippen LogP contribution >= 0.6 is 0 Å². The molecule has 0 bridgehead atoms. The molecule has 6 nitrogen and oxygen atoms in total. The minimum Gasteiger partial charge on any atom is -0.273 e. The lowest BCUT2D eigenvalue weighted by molar-refractivity contribution is -0.384. The van der Waals surface area contributed by atoms with Gasteiger partial charge in [-0.3, -0.25) is 14.9 Å². The maximum absolute atomic E-state index is 12.8. The fourth-order valence-electron chi connectivity index (χ4n) is 3.74. The fourth-order valence-corrected chi connectivity index (χ4v) is 3.74. The van der Waals surface area contributed by atoms with Gasteiger partial charge in [0.1, 0.15) is 0 Å². The highest BCUT2D eigenvalue weighted by molar-refractivity contribution is 5.87. The van der Waals surface area contributed by atoms with Gasteiger partial charge in [-0.15, -0.1) is 0 Å². The Morgan fingerprint density at radius 3 is 1.86 bits per heavy atom. The number of carbonyl (C=O) groups excluding carboxylic acids is 1. The smallest absolute Gasteiger partial charge is 0.269 e. The van der Waals surface area contributed by atoms with Crippen LogP contribution < -0.4 is 5.43 Å². The molecule has 1 saturated carbocycles. The number of nitrogens with one attached hydrogen (secondary N) is 1. The zero-order valence-electron chi connectivity index (χ0n) is 15.5. The third kappa shape index (κ3) is 4.06. The maximum Gasteiger partial charge on any atom is 0.269 e. The van der Waals surface area contributed by atoms with E-state index in [9.17, 15) is 14.9 Å². The summed E-state index contributed by atoms with van der Waals surface area (Å²) in [5.74, 6) is -0.0824. The second kappa shape index (κ2) is 8.06. The third-order valence-corrected chi connectivity index (χ3v) is 5.18. The van der Waals surface area contributed by atoms with Crippen molar-refractivity contribution in [3.05, 3.63) is 112 Å². The number of carbonyl (C=O) groups is 1. The van der Waals surface area contributed by atoms with Crippen molar-refractivity contribution >= 4 is 17.8 Å². The van der Waals surface area contributed by atoms with Gasteiger partial charge in [-0.05, 0) is 28.8 Å². The normalized spacial score (nSPS) is 20.3. The Balaban J connectivity index is 1.47. The van der Waals surface area contributed by atoms with E-state index in [2.05, 4.69) is 10.5 Å². The van der Waals surface area contributed by atoms with Gasteiger partial charge in [-0.25, -0.2) is 5.43 Å². The van der Waals surface area contributed by atoms with Crippen molar-refractivity contribution in [2.24, 2.45) is 11.0 Å². The van der Waals surface area contributed by atoms with Gasteiger partial charge in [-0.2, -0.15) is 5.10 Å². The average Bonchev–Trinajstić information content (AvgIpc) is 3.51. The molecule has 29 heavy (non-hydrogen) atoms. The summed E-state index contributed by atoms with van der Waals surface area (Å²) in [4.78, 5) is 23.0. The molecule has 0 radical (unpaired) electrons. The monoisotopic (exact) mass is 385 g/mol. The van der Waals surface area contributed by atoms with Crippen LogP contribution in [0.25, 0.3) is 0 Å². The second-order valence-electron chi connectivity index (χ2n) is 6.98. The molecule has 3 aromatic carbocycles. The summed E-state index contributed by atoms with van der Waals surface area (Å²) in [6.07, 6.45) is 1.49. The van der Waals surface area contributed by atoms with Gasteiger partial charge in [0.15, 0.2) is 0 Å². The zero-order valence-corrected chi connectivity index (χ0v) is 15.5. The van der Waals surface area contributed by atoms with E-state index in [-0.39, 0.29) is 29.3 Å². The standard InChI is InChI=1S/C23H19N3O3/c27-23(25-24-15-16-11-13-19(14-12-16)26(28)29)22-20(17-7-3-1-4-8-17)21(22)18-9-5-2-6-10-18/h1-15,20-22H,(H,25,27)/b24-15-/t20-,21-/m0/s1. The molecule has 1 amide bonds. The van der Waals surface area contributed by atoms with Crippen LogP contribution in [0.4, 0.5) is 5.69 Å². The summed E-state index contributed by atoms with van der Waals surface area (Å²) >= 11 is 0. The van der Waals surface area contributed by atoms with E-state index in [4.69, 9.17) is 0 Å². The maximum atomic E-state index is 12.8. The molecule has 144 valence electrons. The lowest BCUT2D eigenvalue weighted by Gasteiger charge is -2.00. The third-order valence-electron chi connectivity index (χ3n) is 5.18. The molecule has 0 unspecified atom stereocenters. The minimum atomic E-state index is -0.455. The van der Waals surface area contributed by atoms with Crippen molar-refractivity contribution in [2.75, 3.05) is 0 Å². The van der Waals surface area contributed by atoms with Crippen LogP contribution in [0.3, 0.4) is 0 Å². The molecule has 6 heteroatoms. The summed E-state index contributed by atoms with van der Waals surface area (Å²) in [5, 5.41) is 14.7. The Bertz CT molecular complexity index is 988. The molecule has 1 aliphatic carbocycles. The number of hydrazone groups is 1. The second-order valence-corrected chi connectivity index (χ2v) is 6.98. The first-order valence-electron chi connectivity index (χ1n) is 9.32. The van der Waals surface area contributed by atoms with Gasteiger partial charge in [0.2, 0.25) is 5.91 Å². The van der Waals surface area contributed by atoms with Crippen molar-refractivity contribution in [1.29, 1.82) is 0 Å². The van der Waals surface area contributed by atoms with Gasteiger partial charge in [0, 0.05) is 24.0 Å². The van der Waals surface area contributed by atoms with E-state index >= 15 is 0 Å². The van der Waals surface area contributed by atoms with E-state index < -0.39 is 4.92 Å². The SMILES string of the molecule is O=C(N/N=C\c1ccc([N+](=O)[O-])cc1)C1[C@@H](c2ccccc2)[C@@H]1c1ccccc1. The highest BCUT2D eigenvalue weighted by Crippen LogP contribution is 2.60. The number of amides is 1. The molecule has 1 aliphatic rings. The number of nitro benzene ring substituents is 1. The largest absolute Gasteiger partial charge is 0.273 e. The Labute approximate surface area is 168 Å². The number of benzene rings is 3. The average molecular weight is 385 g/mol. The highest BCUT2D eigenvalue weighted by Gasteiger charge is 2.55. The van der Waals surface area contributed by atoms with Crippen molar-refractivity contribution in [3.8, 4) is 0 Å².